The number of hydrogen-bond donors (Lipinski definition) is 2. The number of hydrogen-bond acceptors (Lipinski definition) is 4. The zero-order valence-electron chi connectivity index (χ0n) is 16.1. The van der Waals surface area contributed by atoms with Crippen LogP contribution in [0.3, 0.4) is 0 Å². The molecule has 0 amide bonds. The molecule has 1 unspecified atom stereocenters. The number of nitrogens with zero attached hydrogens (tertiary/aromatic N) is 1. The van der Waals surface area contributed by atoms with Crippen LogP contribution in [0.2, 0.25) is 0 Å². The molecule has 5 heteroatoms. The molecule has 0 bridgehead atoms. The Balaban J connectivity index is 1.69. The molecule has 3 N–H and O–H groups in total. The van der Waals surface area contributed by atoms with Crippen molar-refractivity contribution in [2.45, 2.75) is 4.94 Å². The number of hydrazone groups is 1. The first-order chi connectivity index (χ1) is 14.7. The van der Waals surface area contributed by atoms with Crippen LogP contribution in [0.5, 0.6) is 0 Å². The summed E-state index contributed by atoms with van der Waals surface area (Å²) >= 11 is -0.155. The third-order valence-electron chi connectivity index (χ3n) is 5.18. The number of nitrogens with one attached hydrogen (secondary N) is 1. The van der Waals surface area contributed by atoms with Gasteiger partial charge in [0.15, 0.2) is 0 Å². The summed E-state index contributed by atoms with van der Waals surface area (Å²) in [6.45, 7) is 0. The summed E-state index contributed by atoms with van der Waals surface area (Å²) in [6, 6.07) is 29.6. The van der Waals surface area contributed by atoms with E-state index in [2.05, 4.69) is 17.6 Å². The van der Waals surface area contributed by atoms with Crippen LogP contribution in [0.1, 0.15) is 21.5 Å². The summed E-state index contributed by atoms with van der Waals surface area (Å²) in [5, 5.41) is 4.73. The summed E-state index contributed by atoms with van der Waals surface area (Å²) in [5.74, 6) is 0.00507. The second kappa shape index (κ2) is 7.79. The molecule has 3 aromatic carbocycles. The van der Waals surface area contributed by atoms with Crippen LogP contribution in [0.4, 0.5) is 0 Å². The second-order valence-electron chi connectivity index (χ2n) is 7.05. The van der Waals surface area contributed by atoms with E-state index in [9.17, 15) is 4.79 Å². The summed E-state index contributed by atoms with van der Waals surface area (Å²) in [6.07, 6.45) is 0. The molecule has 2 aliphatic rings. The molecule has 0 aliphatic carbocycles. The third-order valence-corrected chi connectivity index (χ3v) is 7.74. The van der Waals surface area contributed by atoms with E-state index in [0.717, 1.165) is 28.0 Å². The molecule has 146 valence electrons. The van der Waals surface area contributed by atoms with Gasteiger partial charge in [0.25, 0.3) is 0 Å². The monoisotopic (exact) mass is 457 g/mol. The number of ketones is 1. The molecule has 4 nitrogen and oxygen atoms in total. The Morgan fingerprint density at radius 2 is 1.40 bits per heavy atom. The van der Waals surface area contributed by atoms with Gasteiger partial charge in [-0.15, -0.1) is 0 Å². The number of carbonyl (C=O) groups is 1. The van der Waals surface area contributed by atoms with Crippen LogP contribution >= 0.6 is 0 Å². The zero-order chi connectivity index (χ0) is 20.5. The molecule has 1 atom stereocenters. The van der Waals surface area contributed by atoms with Gasteiger partial charge in [0.2, 0.25) is 0 Å². The first kappa shape index (κ1) is 18.6. The molecule has 0 radical (unpaired) electrons. The molecule has 0 aromatic heterocycles. The van der Waals surface area contributed by atoms with Gasteiger partial charge in [-0.05, 0) is 0 Å². The van der Waals surface area contributed by atoms with Crippen LogP contribution in [0.25, 0.3) is 5.57 Å². The quantitative estimate of drug-likeness (QED) is 0.466. The summed E-state index contributed by atoms with van der Waals surface area (Å²) in [4.78, 5) is 13.1. The van der Waals surface area contributed by atoms with Crippen molar-refractivity contribution in [3.05, 3.63) is 123 Å². The van der Waals surface area contributed by atoms with Gasteiger partial charge in [-0.25, -0.2) is 0 Å². The fraction of sp³-hybridized carbons (Fsp3) is 0.0400. The Morgan fingerprint density at radius 1 is 0.833 bits per heavy atom. The minimum absolute atomic E-state index is 0.00507. The van der Waals surface area contributed by atoms with E-state index in [1.165, 1.54) is 0 Å². The van der Waals surface area contributed by atoms with Gasteiger partial charge in [0, 0.05) is 0 Å². The van der Waals surface area contributed by atoms with Crippen molar-refractivity contribution < 1.29 is 4.79 Å². The maximum atomic E-state index is 13.2. The zero-order valence-corrected chi connectivity index (χ0v) is 17.8. The van der Waals surface area contributed by atoms with E-state index in [1.54, 1.807) is 0 Å². The molecule has 5 rings (SSSR count). The Bertz CT molecular complexity index is 1200. The number of allylic oxidation sites excluding steroid dienone is 2. The number of benzene rings is 3. The van der Waals surface area contributed by atoms with Gasteiger partial charge < -0.3 is 0 Å². The van der Waals surface area contributed by atoms with Crippen molar-refractivity contribution in [3.8, 4) is 0 Å². The molecular weight excluding hydrogens is 437 g/mol. The first-order valence-corrected chi connectivity index (χ1v) is 11.5. The summed E-state index contributed by atoms with van der Waals surface area (Å²) < 4.78 is 0.708. The number of rotatable bonds is 4. The van der Waals surface area contributed by atoms with Crippen LogP contribution in [-0.2, 0) is 0 Å². The predicted octanol–water partition coefficient (Wildman–Crippen LogP) is 3.54. The fourth-order valence-corrected chi connectivity index (χ4v) is 6.21. The molecule has 2 heterocycles. The van der Waals surface area contributed by atoms with Gasteiger partial charge in [-0.3, -0.25) is 0 Å². The van der Waals surface area contributed by atoms with Crippen LogP contribution in [0.15, 0.2) is 112 Å². The van der Waals surface area contributed by atoms with Gasteiger partial charge in [0.05, 0.1) is 0 Å². The molecule has 2 aliphatic heterocycles. The van der Waals surface area contributed by atoms with Crippen molar-refractivity contribution in [1.82, 2.24) is 5.43 Å². The Morgan fingerprint density at radius 3 is 2.03 bits per heavy atom. The molecule has 30 heavy (non-hydrogen) atoms. The van der Waals surface area contributed by atoms with E-state index in [-0.39, 0.29) is 25.7 Å². The molecule has 3 aromatic rings. The van der Waals surface area contributed by atoms with Gasteiger partial charge >= 0.3 is 181 Å². The van der Waals surface area contributed by atoms with E-state index in [0.29, 0.717) is 15.7 Å². The first-order valence-electron chi connectivity index (χ1n) is 9.69. The van der Waals surface area contributed by atoms with Crippen LogP contribution in [-0.4, -0.2) is 31.4 Å². The summed E-state index contributed by atoms with van der Waals surface area (Å²) in [7, 11) is 0. The predicted molar refractivity (Wildman–Crippen MR) is 121 cm³/mol. The molecule has 0 fully saturated rings. The number of Topliss-reactive ketones (excluding diaryl/α,β-unsaturated/α-hetero) is 1. The van der Waals surface area contributed by atoms with Gasteiger partial charge in [-0.2, -0.15) is 0 Å². The van der Waals surface area contributed by atoms with Crippen molar-refractivity contribution in [1.29, 1.82) is 0 Å². The maximum absolute atomic E-state index is 13.2. The van der Waals surface area contributed by atoms with Crippen molar-refractivity contribution in [3.63, 3.8) is 0 Å². The number of fused-ring (bicyclic) bond motifs is 1. The topological polar surface area (TPSA) is 67.5 Å². The van der Waals surface area contributed by atoms with E-state index in [1.807, 2.05) is 78.9 Å². The van der Waals surface area contributed by atoms with Crippen LogP contribution < -0.4 is 11.2 Å². The fourth-order valence-electron chi connectivity index (χ4n) is 3.77. The SMILES string of the molecule is NC1=C(C(=O)c2ccccc2)[Se]C2NN=C(c3ccccc3)C(c3ccccc3)=C12. The van der Waals surface area contributed by atoms with Gasteiger partial charge in [0.1, 0.15) is 0 Å². The van der Waals surface area contributed by atoms with E-state index < -0.39 is 0 Å². The average Bonchev–Trinajstić information content (AvgIpc) is 3.16. The van der Waals surface area contributed by atoms with Crippen LogP contribution in [0, 0.1) is 0 Å². The van der Waals surface area contributed by atoms with E-state index >= 15 is 0 Å². The Hall–Kier alpha value is -3.40. The van der Waals surface area contributed by atoms with E-state index in [4.69, 9.17) is 10.8 Å². The second-order valence-corrected chi connectivity index (χ2v) is 9.39. The van der Waals surface area contributed by atoms with Gasteiger partial charge in [-0.1, -0.05) is 0 Å². The Kier molecular flexibility index (Phi) is 4.83. The molecule has 0 spiro atoms. The third kappa shape index (κ3) is 3.18. The average molecular weight is 456 g/mol. The molecule has 0 saturated heterocycles. The standard InChI is InChI=1S/C25H19N3OSe/c26-21-20-19(16-10-4-1-5-11-16)22(17-12-6-2-7-13-17)27-28-25(20)30-24(21)23(29)18-14-8-3-9-15-18/h1-15,25,28H,26H2. The van der Waals surface area contributed by atoms with Crippen molar-refractivity contribution in [2.75, 3.05) is 0 Å². The number of nitrogens with two attached hydrogens (primary N) is 1. The van der Waals surface area contributed by atoms with Crippen molar-refractivity contribution in [2.24, 2.45) is 10.8 Å². The summed E-state index contributed by atoms with van der Waals surface area (Å²) in [5.41, 5.74) is 16.1. The van der Waals surface area contributed by atoms with Crippen molar-refractivity contribution >= 4 is 32.0 Å². The Labute approximate surface area is 181 Å². The normalized spacial score (nSPS) is 18.0. The minimum atomic E-state index is -0.155. The number of carbonyl (C=O) groups excluding carboxylic acids is 1. The molecular formula is C25H19N3OSe. The molecule has 0 saturated carbocycles.